The summed E-state index contributed by atoms with van der Waals surface area (Å²) in [4.78, 5) is 12.8. The lowest BCUT2D eigenvalue weighted by atomic mass is 10.0. The van der Waals surface area contributed by atoms with E-state index in [1.807, 2.05) is 36.4 Å². The molecule has 0 aromatic heterocycles. The van der Waals surface area contributed by atoms with Crippen LogP contribution in [-0.4, -0.2) is 13.0 Å². The van der Waals surface area contributed by atoms with Gasteiger partial charge in [0.05, 0.1) is 22.8 Å². The van der Waals surface area contributed by atoms with Crippen LogP contribution in [0.3, 0.4) is 0 Å². The Morgan fingerprint density at radius 2 is 1.82 bits per heavy atom. The lowest BCUT2D eigenvalue weighted by Gasteiger charge is -2.17. The molecule has 0 unspecified atom stereocenters. The highest BCUT2D eigenvalue weighted by molar-refractivity contribution is 6.44. The summed E-state index contributed by atoms with van der Waals surface area (Å²) < 4.78 is 11.9. The molecule has 7 heteroatoms. The van der Waals surface area contributed by atoms with Gasteiger partial charge in [-0.2, -0.15) is 5.26 Å². The summed E-state index contributed by atoms with van der Waals surface area (Å²) >= 11 is 12.2. The second-order valence-electron chi connectivity index (χ2n) is 8.36. The summed E-state index contributed by atoms with van der Waals surface area (Å²) in [7, 11) is 1.55. The highest BCUT2D eigenvalue weighted by Gasteiger charge is 2.16. The molecule has 0 fully saturated rings. The van der Waals surface area contributed by atoms with Crippen molar-refractivity contribution >= 4 is 51.6 Å². The van der Waals surface area contributed by atoms with Gasteiger partial charge >= 0.3 is 0 Å². The summed E-state index contributed by atoms with van der Waals surface area (Å²) in [6.45, 7) is 4.19. The minimum absolute atomic E-state index is 0.114. The minimum Gasteiger partial charge on any atom is -0.493 e. The third kappa shape index (κ3) is 6.00. The molecule has 38 heavy (non-hydrogen) atoms. The molecule has 4 rings (SSSR count). The van der Waals surface area contributed by atoms with Crippen molar-refractivity contribution in [1.82, 2.24) is 0 Å². The van der Waals surface area contributed by atoms with Gasteiger partial charge in [-0.3, -0.25) is 4.79 Å². The van der Waals surface area contributed by atoms with Crippen LogP contribution in [0.25, 0.3) is 16.8 Å². The molecule has 0 spiro atoms. The monoisotopic (exact) mass is 542 g/mol. The van der Waals surface area contributed by atoms with E-state index in [1.165, 1.54) is 6.08 Å². The number of benzene rings is 4. The van der Waals surface area contributed by atoms with Gasteiger partial charge in [0, 0.05) is 5.56 Å². The molecule has 0 heterocycles. The van der Waals surface area contributed by atoms with Gasteiger partial charge in [0.15, 0.2) is 11.5 Å². The smallest absolute Gasteiger partial charge is 0.266 e. The van der Waals surface area contributed by atoms with E-state index in [-0.39, 0.29) is 10.6 Å². The number of anilines is 1. The van der Waals surface area contributed by atoms with Gasteiger partial charge in [-0.25, -0.2) is 0 Å². The molecular formula is C31H24Cl2N2O3. The third-order valence-electron chi connectivity index (χ3n) is 5.87. The van der Waals surface area contributed by atoms with E-state index in [4.69, 9.17) is 32.7 Å². The third-order valence-corrected chi connectivity index (χ3v) is 6.68. The molecule has 0 saturated carbocycles. The second kappa shape index (κ2) is 12.3. The van der Waals surface area contributed by atoms with Crippen LogP contribution in [0, 0.1) is 11.3 Å². The van der Waals surface area contributed by atoms with Crippen molar-refractivity contribution in [2.45, 2.75) is 13.0 Å². The number of carbonyl (C=O) groups is 1. The van der Waals surface area contributed by atoms with E-state index in [9.17, 15) is 10.1 Å². The summed E-state index contributed by atoms with van der Waals surface area (Å²) in [5.41, 5.74) is 2.65. The van der Waals surface area contributed by atoms with Crippen LogP contribution in [-0.2, 0) is 17.8 Å². The van der Waals surface area contributed by atoms with E-state index in [2.05, 4.69) is 30.1 Å². The zero-order valence-electron chi connectivity index (χ0n) is 20.6. The quantitative estimate of drug-likeness (QED) is 0.132. The van der Waals surface area contributed by atoms with Crippen molar-refractivity contribution in [3.63, 3.8) is 0 Å². The molecule has 4 aromatic carbocycles. The van der Waals surface area contributed by atoms with Gasteiger partial charge in [-0.15, -0.1) is 6.58 Å². The Morgan fingerprint density at radius 1 is 1.05 bits per heavy atom. The molecule has 0 saturated heterocycles. The molecule has 5 nitrogen and oxygen atoms in total. The number of ether oxygens (including phenoxy) is 2. The fourth-order valence-corrected chi connectivity index (χ4v) is 4.41. The van der Waals surface area contributed by atoms with Crippen molar-refractivity contribution in [1.29, 1.82) is 5.26 Å². The van der Waals surface area contributed by atoms with Crippen LogP contribution in [0.1, 0.15) is 16.7 Å². The normalized spacial score (nSPS) is 11.1. The van der Waals surface area contributed by atoms with Gasteiger partial charge in [-0.05, 0) is 58.7 Å². The number of allylic oxidation sites excluding steroid dienone is 1. The van der Waals surface area contributed by atoms with Crippen LogP contribution in [0.15, 0.2) is 91.0 Å². The number of nitrogens with one attached hydrogen (secondary N) is 1. The average Bonchev–Trinajstić information content (AvgIpc) is 2.93. The first-order valence-corrected chi connectivity index (χ1v) is 12.5. The van der Waals surface area contributed by atoms with Crippen molar-refractivity contribution in [2.75, 3.05) is 12.4 Å². The Morgan fingerprint density at radius 3 is 2.58 bits per heavy atom. The fraction of sp³-hybridized carbons (Fsp3) is 0.0968. The second-order valence-corrected chi connectivity index (χ2v) is 9.14. The predicted octanol–water partition coefficient (Wildman–Crippen LogP) is 8.01. The van der Waals surface area contributed by atoms with Crippen molar-refractivity contribution < 1.29 is 14.3 Å². The average molecular weight is 543 g/mol. The molecule has 0 aliphatic heterocycles. The van der Waals surface area contributed by atoms with Crippen molar-refractivity contribution in [3.8, 4) is 17.6 Å². The van der Waals surface area contributed by atoms with Crippen LogP contribution in [0.5, 0.6) is 11.5 Å². The Balaban J connectivity index is 1.64. The topological polar surface area (TPSA) is 71.4 Å². The number of methoxy groups -OCH3 is 1. The van der Waals surface area contributed by atoms with E-state index >= 15 is 0 Å². The number of rotatable bonds is 9. The molecule has 0 atom stereocenters. The highest BCUT2D eigenvalue weighted by Crippen LogP contribution is 2.36. The molecule has 0 aliphatic carbocycles. The number of hydrogen-bond acceptors (Lipinski definition) is 4. The van der Waals surface area contributed by atoms with Crippen LogP contribution >= 0.6 is 23.2 Å². The first-order valence-electron chi connectivity index (χ1n) is 11.7. The number of hydrogen-bond donors (Lipinski definition) is 1. The number of amides is 1. The zero-order chi connectivity index (χ0) is 27.1. The van der Waals surface area contributed by atoms with Crippen molar-refractivity contribution in [3.05, 3.63) is 118 Å². The van der Waals surface area contributed by atoms with Gasteiger partial charge in [0.25, 0.3) is 5.91 Å². The van der Waals surface area contributed by atoms with Gasteiger partial charge in [0.2, 0.25) is 0 Å². The largest absolute Gasteiger partial charge is 0.493 e. The van der Waals surface area contributed by atoms with Crippen molar-refractivity contribution in [2.24, 2.45) is 0 Å². The molecule has 0 bridgehead atoms. The first kappa shape index (κ1) is 26.8. The Hall–Kier alpha value is -4.24. The standard InChI is InChI=1S/C31H24Cl2N2O3/c1-3-8-22-15-20(16-24(18-34)31(36)35-27-14-7-13-26(32)29(27)33)17-28(37-2)30(22)38-19-23-11-6-10-21-9-4-5-12-25(21)23/h3-7,9-17H,1,8,19H2,2H3,(H,35,36)/b24-16-. The fourth-order valence-electron chi connectivity index (χ4n) is 4.06. The number of nitriles is 1. The molecule has 1 N–H and O–H groups in total. The minimum atomic E-state index is -0.614. The summed E-state index contributed by atoms with van der Waals surface area (Å²) in [6.07, 6.45) is 3.73. The molecule has 1 amide bonds. The van der Waals surface area contributed by atoms with Crippen LogP contribution in [0.2, 0.25) is 10.0 Å². The first-order chi connectivity index (χ1) is 18.4. The van der Waals surface area contributed by atoms with E-state index in [1.54, 1.807) is 37.5 Å². The Bertz CT molecular complexity index is 1580. The molecule has 0 aliphatic rings. The number of carbonyl (C=O) groups excluding carboxylic acids is 1. The van der Waals surface area contributed by atoms with Gasteiger partial charge < -0.3 is 14.8 Å². The van der Waals surface area contributed by atoms with Crippen LogP contribution in [0.4, 0.5) is 5.69 Å². The number of halogens is 2. The Kier molecular flexibility index (Phi) is 8.70. The Labute approximate surface area is 231 Å². The summed E-state index contributed by atoms with van der Waals surface area (Å²) in [6, 6.07) is 24.6. The highest BCUT2D eigenvalue weighted by atomic mass is 35.5. The molecule has 190 valence electrons. The van der Waals surface area contributed by atoms with Gasteiger partial charge in [0.1, 0.15) is 18.2 Å². The number of nitrogens with zero attached hydrogens (tertiary/aromatic N) is 1. The summed E-state index contributed by atoms with van der Waals surface area (Å²) in [5, 5.41) is 15.1. The maximum atomic E-state index is 12.8. The number of fused-ring (bicyclic) bond motifs is 1. The molecule has 0 radical (unpaired) electrons. The zero-order valence-corrected chi connectivity index (χ0v) is 22.1. The lowest BCUT2D eigenvalue weighted by Crippen LogP contribution is -2.13. The van der Waals surface area contributed by atoms with E-state index in [0.29, 0.717) is 40.8 Å². The SMILES string of the molecule is C=CCc1cc(/C=C(/C#N)C(=O)Nc2cccc(Cl)c2Cl)cc(OC)c1OCc1cccc2ccccc12. The lowest BCUT2D eigenvalue weighted by molar-refractivity contribution is -0.112. The maximum absolute atomic E-state index is 12.8. The molecular weight excluding hydrogens is 519 g/mol. The van der Waals surface area contributed by atoms with Gasteiger partial charge in [-0.1, -0.05) is 77.8 Å². The van der Waals surface area contributed by atoms with E-state index < -0.39 is 5.91 Å². The maximum Gasteiger partial charge on any atom is 0.266 e. The van der Waals surface area contributed by atoms with Crippen LogP contribution < -0.4 is 14.8 Å². The summed E-state index contributed by atoms with van der Waals surface area (Å²) in [5.74, 6) is 0.440. The molecule has 4 aromatic rings. The predicted molar refractivity (Wildman–Crippen MR) is 154 cm³/mol. The van der Waals surface area contributed by atoms with E-state index in [0.717, 1.165) is 21.9 Å².